The Morgan fingerprint density at radius 1 is 1.14 bits per heavy atom. The number of benzene rings is 2. The highest BCUT2D eigenvalue weighted by atomic mass is 19.1. The van der Waals surface area contributed by atoms with Gasteiger partial charge in [-0.15, -0.1) is 0 Å². The van der Waals surface area contributed by atoms with Crippen LogP contribution >= 0.6 is 0 Å². The number of rotatable bonds is 5. The van der Waals surface area contributed by atoms with Gasteiger partial charge in [0, 0.05) is 32.6 Å². The molecule has 1 N–H and O–H groups in total. The van der Waals surface area contributed by atoms with Crippen LogP contribution in [-0.2, 0) is 10.3 Å². The van der Waals surface area contributed by atoms with Crippen LogP contribution in [0.2, 0.25) is 0 Å². The number of nitrogens with zero attached hydrogens (tertiary/aromatic N) is 2. The molecule has 2 aromatic carbocycles. The number of carboxylic acid groups (broad SMARTS) is 1. The van der Waals surface area contributed by atoms with Crippen LogP contribution in [0.1, 0.15) is 24.0 Å². The molecule has 0 aromatic heterocycles. The van der Waals surface area contributed by atoms with Crippen LogP contribution in [0.3, 0.4) is 0 Å². The Bertz CT molecular complexity index is 960. The second-order valence-electron chi connectivity index (χ2n) is 7.24. The van der Waals surface area contributed by atoms with Crippen LogP contribution in [0, 0.1) is 11.6 Å². The van der Waals surface area contributed by atoms with Crippen LogP contribution in [-0.4, -0.2) is 47.5 Å². The normalized spacial score (nSPS) is 18.5. The lowest BCUT2D eigenvalue weighted by Gasteiger charge is -2.39. The minimum atomic E-state index is -1.09. The van der Waals surface area contributed by atoms with E-state index in [1.54, 1.807) is 44.4 Å². The summed E-state index contributed by atoms with van der Waals surface area (Å²) in [5.74, 6) is -2.19. The van der Waals surface area contributed by atoms with E-state index in [9.17, 15) is 23.5 Å². The van der Waals surface area contributed by atoms with Gasteiger partial charge in [0.2, 0.25) is 0 Å². The van der Waals surface area contributed by atoms with E-state index in [2.05, 4.69) is 0 Å². The predicted molar refractivity (Wildman–Crippen MR) is 105 cm³/mol. The van der Waals surface area contributed by atoms with E-state index in [1.807, 2.05) is 6.07 Å². The van der Waals surface area contributed by atoms with E-state index in [-0.39, 0.29) is 31.0 Å². The highest BCUT2D eigenvalue weighted by molar-refractivity contribution is 5.83. The summed E-state index contributed by atoms with van der Waals surface area (Å²) in [6.45, 7) is 0.0336. The molecule has 2 amide bonds. The third-order valence-electron chi connectivity index (χ3n) is 5.10. The maximum atomic E-state index is 14.5. The van der Waals surface area contributed by atoms with Gasteiger partial charge in [0.15, 0.2) is 0 Å². The van der Waals surface area contributed by atoms with Gasteiger partial charge in [-0.25, -0.2) is 13.6 Å². The van der Waals surface area contributed by atoms with Gasteiger partial charge in [0.1, 0.15) is 11.6 Å². The van der Waals surface area contributed by atoms with Crippen molar-refractivity contribution < 1.29 is 23.5 Å². The van der Waals surface area contributed by atoms with Gasteiger partial charge in [-0.2, -0.15) is 0 Å². The van der Waals surface area contributed by atoms with Crippen molar-refractivity contribution in [1.82, 2.24) is 9.80 Å². The Balaban J connectivity index is 2.20. The van der Waals surface area contributed by atoms with Crippen LogP contribution < -0.4 is 0 Å². The van der Waals surface area contributed by atoms with Crippen LogP contribution in [0.15, 0.2) is 54.6 Å². The lowest BCUT2D eigenvalue weighted by Crippen LogP contribution is -2.49. The van der Waals surface area contributed by atoms with Crippen LogP contribution in [0.4, 0.5) is 13.6 Å². The van der Waals surface area contributed by atoms with Crippen molar-refractivity contribution in [3.8, 4) is 0 Å². The molecule has 29 heavy (non-hydrogen) atoms. The Morgan fingerprint density at radius 2 is 1.83 bits per heavy atom. The quantitative estimate of drug-likeness (QED) is 0.822. The molecule has 0 saturated carbocycles. The molecule has 7 heteroatoms. The molecule has 3 rings (SSSR count). The first-order valence-corrected chi connectivity index (χ1v) is 9.18. The third-order valence-corrected chi connectivity index (χ3v) is 5.10. The monoisotopic (exact) mass is 400 g/mol. The Labute approximate surface area is 167 Å². The number of hydrogen-bond donors (Lipinski definition) is 1. The number of carbonyl (C=O) groups excluding carboxylic acids is 1. The number of hydrogen-bond acceptors (Lipinski definition) is 2. The summed E-state index contributed by atoms with van der Waals surface area (Å²) in [5, 5.41) is 9.29. The smallest absolute Gasteiger partial charge is 0.320 e. The first kappa shape index (κ1) is 20.5. The molecule has 0 aliphatic carbocycles. The molecule has 1 aliphatic rings. The highest BCUT2D eigenvalue weighted by Gasteiger charge is 2.45. The number of halogens is 2. The summed E-state index contributed by atoms with van der Waals surface area (Å²) in [5.41, 5.74) is 0.124. The van der Waals surface area contributed by atoms with E-state index in [4.69, 9.17) is 0 Å². The zero-order chi connectivity index (χ0) is 21.2. The second kappa shape index (κ2) is 8.03. The van der Waals surface area contributed by atoms with Gasteiger partial charge < -0.3 is 14.9 Å². The van der Waals surface area contributed by atoms with E-state index in [1.165, 1.54) is 9.80 Å². The zero-order valence-corrected chi connectivity index (χ0v) is 16.2. The molecule has 0 radical (unpaired) electrons. The van der Waals surface area contributed by atoms with Crippen LogP contribution in [0.5, 0.6) is 0 Å². The van der Waals surface area contributed by atoms with Gasteiger partial charge in [-0.05, 0) is 41.8 Å². The highest BCUT2D eigenvalue weighted by Crippen LogP contribution is 2.44. The molecule has 0 spiro atoms. The summed E-state index contributed by atoms with van der Waals surface area (Å²) < 4.78 is 28.3. The average Bonchev–Trinajstić information content (AvgIpc) is 3.09. The average molecular weight is 400 g/mol. The molecule has 1 heterocycles. The first-order chi connectivity index (χ1) is 13.7. The van der Waals surface area contributed by atoms with Crippen molar-refractivity contribution in [2.75, 3.05) is 20.6 Å². The molecule has 0 fully saturated rings. The summed E-state index contributed by atoms with van der Waals surface area (Å²) in [6.07, 6.45) is 1.61. The van der Waals surface area contributed by atoms with Crippen molar-refractivity contribution >= 4 is 17.6 Å². The van der Waals surface area contributed by atoms with Crippen molar-refractivity contribution in [2.24, 2.45) is 0 Å². The summed E-state index contributed by atoms with van der Waals surface area (Å²) in [7, 11) is 3.19. The fraction of sp³-hybridized carbons (Fsp3) is 0.273. The fourth-order valence-electron chi connectivity index (χ4n) is 3.72. The van der Waals surface area contributed by atoms with E-state index < -0.39 is 23.1 Å². The van der Waals surface area contributed by atoms with Crippen molar-refractivity contribution in [3.05, 3.63) is 77.4 Å². The maximum absolute atomic E-state index is 14.5. The summed E-state index contributed by atoms with van der Waals surface area (Å²) in [4.78, 5) is 27.3. The summed E-state index contributed by atoms with van der Waals surface area (Å²) in [6, 6.07) is 11.8. The standard InChI is InChI=1S/C22H22F2N2O3/c1-25(2)21(29)26-14-15(18-12-17(23)8-9-19(18)24)13-22(26,11-10-20(27)28)16-6-4-3-5-7-16/h3-9,12-13H,10-11,14H2,1-2H3,(H,27,28). The number of aliphatic carboxylic acids is 1. The Hall–Kier alpha value is -3.22. The van der Waals surface area contributed by atoms with Crippen molar-refractivity contribution in [2.45, 2.75) is 18.4 Å². The molecular weight excluding hydrogens is 378 g/mol. The van der Waals surface area contributed by atoms with Gasteiger partial charge >= 0.3 is 12.0 Å². The lowest BCUT2D eigenvalue weighted by molar-refractivity contribution is -0.137. The second-order valence-corrected chi connectivity index (χ2v) is 7.24. The van der Waals surface area contributed by atoms with Gasteiger partial charge in [-0.1, -0.05) is 30.3 Å². The minimum absolute atomic E-state index is 0.0336. The SMILES string of the molecule is CN(C)C(=O)N1CC(c2cc(F)ccc2F)=CC1(CCC(=O)O)c1ccccc1. The number of carboxylic acids is 1. The lowest BCUT2D eigenvalue weighted by atomic mass is 9.84. The molecular formula is C22H22F2N2O3. The third kappa shape index (κ3) is 3.99. The number of urea groups is 1. The van der Waals surface area contributed by atoms with E-state index in [0.29, 0.717) is 11.1 Å². The molecule has 5 nitrogen and oxygen atoms in total. The number of amides is 2. The first-order valence-electron chi connectivity index (χ1n) is 9.18. The Kier molecular flexibility index (Phi) is 5.68. The van der Waals surface area contributed by atoms with Gasteiger partial charge in [-0.3, -0.25) is 4.79 Å². The molecule has 2 aromatic rings. The van der Waals surface area contributed by atoms with Crippen molar-refractivity contribution in [3.63, 3.8) is 0 Å². The maximum Gasteiger partial charge on any atom is 0.320 e. The Morgan fingerprint density at radius 3 is 2.45 bits per heavy atom. The molecule has 152 valence electrons. The largest absolute Gasteiger partial charge is 0.481 e. The van der Waals surface area contributed by atoms with Gasteiger partial charge in [0.25, 0.3) is 0 Å². The fourth-order valence-corrected chi connectivity index (χ4v) is 3.72. The zero-order valence-electron chi connectivity index (χ0n) is 16.2. The van der Waals surface area contributed by atoms with E-state index in [0.717, 1.165) is 18.2 Å². The molecule has 1 unspecified atom stereocenters. The summed E-state index contributed by atoms with van der Waals surface area (Å²) >= 11 is 0. The molecule has 0 bridgehead atoms. The molecule has 0 saturated heterocycles. The topological polar surface area (TPSA) is 60.9 Å². The van der Waals surface area contributed by atoms with Crippen LogP contribution in [0.25, 0.3) is 5.57 Å². The molecule has 1 atom stereocenters. The minimum Gasteiger partial charge on any atom is -0.481 e. The van der Waals surface area contributed by atoms with Crippen molar-refractivity contribution in [1.29, 1.82) is 0 Å². The predicted octanol–water partition coefficient (Wildman–Crippen LogP) is 4.11. The molecule has 1 aliphatic heterocycles. The number of carbonyl (C=O) groups is 2. The van der Waals surface area contributed by atoms with Gasteiger partial charge in [0.05, 0.1) is 5.54 Å². The van der Waals surface area contributed by atoms with E-state index >= 15 is 0 Å².